The average molecular weight is 406 g/mol. The zero-order chi connectivity index (χ0) is 20.1. The van der Waals surface area contributed by atoms with Crippen LogP contribution in [0.5, 0.6) is 0 Å². The number of aliphatic hydroxyl groups is 1. The van der Waals surface area contributed by atoms with Crippen LogP contribution < -0.4 is 10.2 Å². The van der Waals surface area contributed by atoms with Gasteiger partial charge in [-0.05, 0) is 29.8 Å². The number of fused-ring (bicyclic) bond motifs is 1. The summed E-state index contributed by atoms with van der Waals surface area (Å²) in [5.74, 6) is -1.79. The van der Waals surface area contributed by atoms with Crippen LogP contribution in [-0.2, 0) is 9.59 Å². The summed E-state index contributed by atoms with van der Waals surface area (Å²) < 4.78 is 26.1. The van der Waals surface area contributed by atoms with E-state index in [0.29, 0.717) is 6.54 Å². The standard InChI is InChI=1S/C20H20F2N2O3S/c21-14-6-5-13(11-15(14)22)17(25)12-23-19(26)7-8-20(27)24-9-10-28-18-4-2-1-3-16(18)24/h1-6,11,17,25H,7-10,12H2,(H,23,26). The maximum atomic E-state index is 13.2. The second-order valence-electron chi connectivity index (χ2n) is 6.35. The summed E-state index contributed by atoms with van der Waals surface area (Å²) in [6, 6.07) is 10.7. The van der Waals surface area contributed by atoms with Crippen molar-refractivity contribution in [3.05, 3.63) is 59.7 Å². The van der Waals surface area contributed by atoms with Crippen molar-refractivity contribution in [2.45, 2.75) is 23.8 Å². The molecule has 0 saturated heterocycles. The smallest absolute Gasteiger partial charge is 0.227 e. The molecule has 2 N–H and O–H groups in total. The molecule has 2 amide bonds. The van der Waals surface area contributed by atoms with Crippen LogP contribution in [0.2, 0.25) is 0 Å². The summed E-state index contributed by atoms with van der Waals surface area (Å²) >= 11 is 1.69. The van der Waals surface area contributed by atoms with Gasteiger partial charge in [-0.15, -0.1) is 11.8 Å². The molecule has 0 bridgehead atoms. The van der Waals surface area contributed by atoms with Gasteiger partial charge in [0.25, 0.3) is 0 Å². The fourth-order valence-corrected chi connectivity index (χ4v) is 3.92. The fraction of sp³-hybridized carbons (Fsp3) is 0.300. The Kier molecular flexibility index (Phi) is 6.64. The number of para-hydroxylation sites is 1. The first kappa shape index (κ1) is 20.3. The Labute approximate surface area is 165 Å². The monoisotopic (exact) mass is 406 g/mol. The molecule has 0 saturated carbocycles. The first-order valence-corrected chi connectivity index (χ1v) is 9.86. The van der Waals surface area contributed by atoms with Gasteiger partial charge in [0.05, 0.1) is 11.8 Å². The third-order valence-electron chi connectivity index (χ3n) is 4.42. The van der Waals surface area contributed by atoms with Crippen molar-refractivity contribution in [2.75, 3.05) is 23.7 Å². The lowest BCUT2D eigenvalue weighted by molar-refractivity contribution is -0.125. The normalized spacial score (nSPS) is 14.3. The predicted molar refractivity (Wildman–Crippen MR) is 103 cm³/mol. The van der Waals surface area contributed by atoms with Crippen molar-refractivity contribution < 1.29 is 23.5 Å². The second kappa shape index (κ2) is 9.16. The summed E-state index contributed by atoms with van der Waals surface area (Å²) in [7, 11) is 0. The highest BCUT2D eigenvalue weighted by Gasteiger charge is 2.23. The molecule has 148 valence electrons. The molecule has 0 aromatic heterocycles. The third-order valence-corrected chi connectivity index (χ3v) is 5.46. The van der Waals surface area contributed by atoms with Crippen molar-refractivity contribution in [3.8, 4) is 0 Å². The van der Waals surface area contributed by atoms with Crippen LogP contribution in [0.4, 0.5) is 14.5 Å². The van der Waals surface area contributed by atoms with Crippen LogP contribution in [0.1, 0.15) is 24.5 Å². The molecule has 1 unspecified atom stereocenters. The molecule has 0 fully saturated rings. The zero-order valence-electron chi connectivity index (χ0n) is 15.0. The molecule has 28 heavy (non-hydrogen) atoms. The van der Waals surface area contributed by atoms with Crippen LogP contribution in [-0.4, -0.2) is 35.8 Å². The number of benzene rings is 2. The summed E-state index contributed by atoms with van der Waals surface area (Å²) in [4.78, 5) is 27.2. The Hall–Kier alpha value is -2.45. The predicted octanol–water partition coefficient (Wildman–Crippen LogP) is 3.03. The van der Waals surface area contributed by atoms with Crippen molar-refractivity contribution >= 4 is 29.3 Å². The molecule has 0 spiro atoms. The highest BCUT2D eigenvalue weighted by Crippen LogP contribution is 2.34. The van der Waals surface area contributed by atoms with Gasteiger partial charge in [0.1, 0.15) is 0 Å². The largest absolute Gasteiger partial charge is 0.387 e. The second-order valence-corrected chi connectivity index (χ2v) is 7.49. The summed E-state index contributed by atoms with van der Waals surface area (Å²) in [5, 5.41) is 12.5. The van der Waals surface area contributed by atoms with E-state index in [1.165, 1.54) is 6.07 Å². The van der Waals surface area contributed by atoms with Crippen LogP contribution in [0.15, 0.2) is 47.4 Å². The molecule has 2 aromatic rings. The summed E-state index contributed by atoms with van der Waals surface area (Å²) in [6.45, 7) is 0.443. The maximum absolute atomic E-state index is 13.2. The molecule has 0 radical (unpaired) electrons. The molecule has 8 heteroatoms. The van der Waals surface area contributed by atoms with Crippen molar-refractivity contribution in [1.82, 2.24) is 5.32 Å². The Bertz CT molecular complexity index is 878. The van der Waals surface area contributed by atoms with E-state index in [-0.39, 0.29) is 30.9 Å². The van der Waals surface area contributed by atoms with E-state index >= 15 is 0 Å². The number of carbonyl (C=O) groups excluding carboxylic acids is 2. The Morgan fingerprint density at radius 2 is 1.93 bits per heavy atom. The number of thioether (sulfide) groups is 1. The van der Waals surface area contributed by atoms with E-state index in [1.54, 1.807) is 16.7 Å². The molecular formula is C20H20F2N2O3S. The van der Waals surface area contributed by atoms with Crippen molar-refractivity contribution in [3.63, 3.8) is 0 Å². The third kappa shape index (κ3) is 4.88. The van der Waals surface area contributed by atoms with Crippen LogP contribution in [0.25, 0.3) is 0 Å². The molecule has 1 heterocycles. The van der Waals surface area contributed by atoms with Crippen LogP contribution in [0, 0.1) is 11.6 Å². The number of nitrogens with one attached hydrogen (secondary N) is 1. The minimum Gasteiger partial charge on any atom is -0.387 e. The molecule has 1 aliphatic heterocycles. The van der Waals surface area contributed by atoms with E-state index in [4.69, 9.17) is 0 Å². The molecule has 1 aliphatic rings. The lowest BCUT2D eigenvalue weighted by atomic mass is 10.1. The summed E-state index contributed by atoms with van der Waals surface area (Å²) in [5.41, 5.74) is 1.02. The minimum atomic E-state index is -1.17. The summed E-state index contributed by atoms with van der Waals surface area (Å²) in [6.07, 6.45) is -1.14. The van der Waals surface area contributed by atoms with Gasteiger partial charge in [-0.1, -0.05) is 18.2 Å². The number of rotatable bonds is 6. The number of hydrogen-bond donors (Lipinski definition) is 2. The number of aliphatic hydroxyl groups excluding tert-OH is 1. The van der Waals surface area contributed by atoms with Gasteiger partial charge in [0, 0.05) is 36.6 Å². The van der Waals surface area contributed by atoms with Crippen LogP contribution >= 0.6 is 11.8 Å². The molecule has 0 aliphatic carbocycles. The Morgan fingerprint density at radius 1 is 1.14 bits per heavy atom. The Morgan fingerprint density at radius 3 is 2.71 bits per heavy atom. The molecule has 2 aromatic carbocycles. The first-order chi connectivity index (χ1) is 13.5. The van der Waals surface area contributed by atoms with Crippen LogP contribution in [0.3, 0.4) is 0 Å². The fourth-order valence-electron chi connectivity index (χ4n) is 2.92. The molecular weight excluding hydrogens is 386 g/mol. The highest BCUT2D eigenvalue weighted by atomic mass is 32.2. The van der Waals surface area contributed by atoms with Gasteiger partial charge in [-0.2, -0.15) is 0 Å². The van der Waals surface area contributed by atoms with Crippen molar-refractivity contribution in [1.29, 1.82) is 0 Å². The highest BCUT2D eigenvalue weighted by molar-refractivity contribution is 7.99. The number of hydrogen-bond acceptors (Lipinski definition) is 4. The Balaban J connectivity index is 1.48. The van der Waals surface area contributed by atoms with Crippen molar-refractivity contribution in [2.24, 2.45) is 0 Å². The molecule has 1 atom stereocenters. The lowest BCUT2D eigenvalue weighted by Crippen LogP contribution is -2.36. The lowest BCUT2D eigenvalue weighted by Gasteiger charge is -2.29. The van der Waals surface area contributed by atoms with Gasteiger partial charge in [0.2, 0.25) is 11.8 Å². The van der Waals surface area contributed by atoms with E-state index < -0.39 is 23.6 Å². The zero-order valence-corrected chi connectivity index (χ0v) is 15.8. The number of anilines is 1. The number of halogens is 2. The van der Waals surface area contributed by atoms with E-state index in [1.807, 2.05) is 24.3 Å². The van der Waals surface area contributed by atoms with E-state index in [9.17, 15) is 23.5 Å². The molecule has 3 rings (SSSR count). The SMILES string of the molecule is O=C(CCC(=O)N1CCSc2ccccc21)NCC(O)c1ccc(F)c(F)c1. The average Bonchev–Trinajstić information content (AvgIpc) is 2.71. The number of nitrogens with zero attached hydrogens (tertiary/aromatic N) is 1. The number of amides is 2. The first-order valence-electron chi connectivity index (χ1n) is 8.87. The minimum absolute atomic E-state index is 0.0187. The van der Waals surface area contributed by atoms with E-state index in [0.717, 1.165) is 28.5 Å². The van der Waals surface area contributed by atoms with Gasteiger partial charge >= 0.3 is 0 Å². The van der Waals surface area contributed by atoms with Gasteiger partial charge in [-0.25, -0.2) is 8.78 Å². The quantitative estimate of drug-likeness (QED) is 0.774. The maximum Gasteiger partial charge on any atom is 0.227 e. The number of carbonyl (C=O) groups is 2. The topological polar surface area (TPSA) is 69.6 Å². The van der Waals surface area contributed by atoms with E-state index in [2.05, 4.69) is 5.32 Å². The molecule has 5 nitrogen and oxygen atoms in total. The van der Waals surface area contributed by atoms with Gasteiger partial charge < -0.3 is 15.3 Å². The van der Waals surface area contributed by atoms with Gasteiger partial charge in [0.15, 0.2) is 11.6 Å². The van der Waals surface area contributed by atoms with Gasteiger partial charge in [-0.3, -0.25) is 9.59 Å².